The maximum atomic E-state index is 14.9. The fraction of sp³-hybridized carbons (Fsp3) is 0.473. The minimum Gasteiger partial charge on any atom is -0.508 e. The summed E-state index contributed by atoms with van der Waals surface area (Å²) in [4.78, 5) is 128. The first-order valence-corrected chi connectivity index (χ1v) is 28.9. The third-order valence-electron chi connectivity index (χ3n) is 12.8. The van der Waals surface area contributed by atoms with Gasteiger partial charge in [-0.15, -0.1) is 0 Å². The van der Waals surface area contributed by atoms with Crippen LogP contribution in [-0.4, -0.2) is 163 Å². The lowest BCUT2D eigenvalue weighted by molar-refractivity contribution is -0.145. The molecule has 0 spiro atoms. The third kappa shape index (κ3) is 20.9. The molecule has 0 unspecified atom stereocenters. The second kappa shape index (κ2) is 31.0. The van der Waals surface area contributed by atoms with Gasteiger partial charge in [-0.1, -0.05) is 95.1 Å². The molecule has 0 radical (unpaired) electrons. The van der Waals surface area contributed by atoms with Crippen LogP contribution >= 0.6 is 21.6 Å². The number of rotatable bonds is 19. The molecule has 5 rings (SSSR count). The number of para-hydroxylation sites is 1. The van der Waals surface area contributed by atoms with Gasteiger partial charge in [0.2, 0.25) is 41.4 Å². The van der Waals surface area contributed by atoms with E-state index in [4.69, 9.17) is 10.5 Å². The van der Waals surface area contributed by atoms with E-state index in [0.717, 1.165) is 34.1 Å². The molecule has 0 saturated carbocycles. The van der Waals surface area contributed by atoms with Crippen LogP contribution in [0.4, 0.5) is 4.79 Å². The number of amides is 8. The van der Waals surface area contributed by atoms with E-state index in [-0.39, 0.29) is 55.9 Å². The summed E-state index contributed by atoms with van der Waals surface area (Å²) in [5.74, 6) is -8.83. The van der Waals surface area contributed by atoms with E-state index >= 15 is 0 Å². The molecule has 26 heteroatoms. The molecule has 1 aromatic heterocycles. The van der Waals surface area contributed by atoms with Crippen molar-refractivity contribution in [3.63, 3.8) is 0 Å². The van der Waals surface area contributed by atoms with Crippen molar-refractivity contribution in [2.24, 2.45) is 5.73 Å². The number of aliphatic hydroxyl groups is 2. The van der Waals surface area contributed by atoms with Gasteiger partial charge in [-0.25, -0.2) is 9.59 Å². The molecule has 3 aromatic carbocycles. The molecule has 10 atom stereocenters. The number of aromatic amines is 1. The van der Waals surface area contributed by atoms with Gasteiger partial charge < -0.3 is 78.4 Å². The number of hydrogen-bond acceptors (Lipinski definition) is 16. The van der Waals surface area contributed by atoms with Gasteiger partial charge in [0.05, 0.1) is 18.2 Å². The van der Waals surface area contributed by atoms with Gasteiger partial charge in [0.15, 0.2) is 6.04 Å². The quantitative estimate of drug-likeness (QED) is 0.0459. The number of phenolic OH excluding ortho intramolecular Hbond substituents is 1. The van der Waals surface area contributed by atoms with Crippen LogP contribution in [0.3, 0.4) is 0 Å². The Balaban J connectivity index is 1.57. The number of carboxylic acids is 1. The summed E-state index contributed by atoms with van der Waals surface area (Å²) in [6.07, 6.45) is -1.53. The maximum absolute atomic E-state index is 14.9. The minimum atomic E-state index is -1.84. The number of aromatic hydroxyl groups is 1. The standard InChI is InChI=1S/C55H74N10O14S2/c1-30(66)44-52(75)63-43(51(74)65-45(31(2)67)53(76)77)29-81-80-28-42(62-46(69)37(56)24-32-14-8-6-9-15-32)50(73)60-40(25-33-19-21-35(68)22-20-33)48(71)61-41(26-34-27-58-38-17-12-11-16-36(34)38)49(72)59-39(47(70)64-44)18-10-7-13-23-57-54(78)79-55(3,4)5/h6,8-9,11-12,14-17,19-22,27,30-31,37,39-45,58,66-68H,7,10,13,18,23-26,28-29,56H2,1-5H3,(H,57,78)(H,59,72)(H,60,73)(H,61,71)(H,62,69)(H,63,75)(H,64,70)(H,65,74)(H,76,77)/t30-,31-,37-,39+,40+,41-,42+,43+,44+,45+/m1/s1. The van der Waals surface area contributed by atoms with Crippen molar-refractivity contribution in [1.29, 1.82) is 0 Å². The van der Waals surface area contributed by atoms with Crippen LogP contribution in [0, 0.1) is 0 Å². The number of aliphatic carboxylic acids is 1. The van der Waals surface area contributed by atoms with Crippen molar-refractivity contribution in [1.82, 2.24) is 47.5 Å². The molecule has 1 aliphatic rings. The molecular weight excluding hydrogens is 1090 g/mol. The normalized spacial score (nSPS) is 21.5. The highest BCUT2D eigenvalue weighted by atomic mass is 33.1. The largest absolute Gasteiger partial charge is 0.508 e. The summed E-state index contributed by atoms with van der Waals surface area (Å²) in [5, 5.41) is 62.7. The lowest BCUT2D eigenvalue weighted by Gasteiger charge is -2.29. The second-order valence-electron chi connectivity index (χ2n) is 20.7. The monoisotopic (exact) mass is 1160 g/mol. The number of hydrogen-bond donors (Lipinski definition) is 14. The first-order chi connectivity index (χ1) is 38.4. The Kier molecular flexibility index (Phi) is 24.7. The number of aromatic nitrogens is 1. The van der Waals surface area contributed by atoms with Crippen LogP contribution < -0.4 is 48.3 Å². The summed E-state index contributed by atoms with van der Waals surface area (Å²) in [6.45, 7) is 7.67. The summed E-state index contributed by atoms with van der Waals surface area (Å²) in [5.41, 5.74) is 8.11. The lowest BCUT2D eigenvalue weighted by atomic mass is 10.0. The van der Waals surface area contributed by atoms with Gasteiger partial charge in [0.1, 0.15) is 47.6 Å². The van der Waals surface area contributed by atoms with E-state index in [1.54, 1.807) is 75.5 Å². The number of unbranched alkanes of at least 4 members (excludes halogenated alkanes) is 2. The number of nitrogens with two attached hydrogens (primary N) is 1. The lowest BCUT2D eigenvalue weighted by Crippen LogP contribution is -2.62. The fourth-order valence-electron chi connectivity index (χ4n) is 8.45. The highest BCUT2D eigenvalue weighted by Crippen LogP contribution is 2.25. The Morgan fingerprint density at radius 1 is 0.728 bits per heavy atom. The van der Waals surface area contributed by atoms with E-state index in [9.17, 15) is 63.6 Å². The van der Waals surface area contributed by atoms with E-state index in [0.29, 0.717) is 34.9 Å². The van der Waals surface area contributed by atoms with Crippen LogP contribution in [0.15, 0.2) is 85.1 Å². The van der Waals surface area contributed by atoms with Gasteiger partial charge in [-0.3, -0.25) is 33.6 Å². The first-order valence-electron chi connectivity index (χ1n) is 26.4. The van der Waals surface area contributed by atoms with E-state index in [1.165, 1.54) is 31.2 Å². The predicted molar refractivity (Wildman–Crippen MR) is 304 cm³/mol. The fourth-order valence-corrected chi connectivity index (χ4v) is 10.8. The van der Waals surface area contributed by atoms with Crippen LogP contribution in [0.5, 0.6) is 5.75 Å². The Morgan fingerprint density at radius 3 is 2.00 bits per heavy atom. The molecular formula is C55H74N10O14S2. The number of carboxylic acid groups (broad SMARTS) is 1. The number of benzene rings is 3. The highest BCUT2D eigenvalue weighted by molar-refractivity contribution is 8.76. The van der Waals surface area contributed by atoms with Crippen LogP contribution in [0.2, 0.25) is 0 Å². The SMILES string of the molecule is C[C@@H](O)[C@H](NC(=O)[C@@H]1CSSC[C@H](NC(=O)[C@H](N)Cc2ccccc2)C(=O)N[C@@H](Cc2ccc(O)cc2)C(=O)N[C@H](Cc2c[nH]c3ccccc23)C(=O)N[C@@H](CCCCCNC(=O)OC(C)(C)C)C(=O)N[C@@H]([C@@H](C)O)C(=O)N1)C(=O)O. The number of carbonyl (C=O) groups is 9. The summed E-state index contributed by atoms with van der Waals surface area (Å²) < 4.78 is 5.31. The van der Waals surface area contributed by atoms with Gasteiger partial charge in [0.25, 0.3) is 0 Å². The summed E-state index contributed by atoms with van der Waals surface area (Å²) in [7, 11) is 1.84. The number of carbonyl (C=O) groups excluding carboxylic acids is 8. The van der Waals surface area contributed by atoms with Crippen molar-refractivity contribution >= 4 is 85.9 Å². The van der Waals surface area contributed by atoms with Crippen molar-refractivity contribution in [2.75, 3.05) is 18.1 Å². The van der Waals surface area contributed by atoms with Crippen molar-refractivity contribution in [3.05, 3.63) is 102 Å². The van der Waals surface area contributed by atoms with Crippen molar-refractivity contribution in [2.45, 2.75) is 146 Å². The van der Waals surface area contributed by atoms with Crippen LogP contribution in [0.25, 0.3) is 10.9 Å². The number of alkyl carbamates (subject to hydrolysis) is 1. The first kappa shape index (κ1) is 64.4. The number of nitrogens with one attached hydrogen (secondary N) is 9. The smallest absolute Gasteiger partial charge is 0.407 e. The molecule has 1 saturated heterocycles. The maximum Gasteiger partial charge on any atom is 0.407 e. The molecule has 15 N–H and O–H groups in total. The van der Waals surface area contributed by atoms with E-state index in [2.05, 4.69) is 47.5 Å². The summed E-state index contributed by atoms with van der Waals surface area (Å²) >= 11 is 0. The molecule has 0 aliphatic carbocycles. The zero-order valence-corrected chi connectivity index (χ0v) is 47.3. The number of fused-ring (bicyclic) bond motifs is 1. The average Bonchev–Trinajstić information content (AvgIpc) is 3.82. The van der Waals surface area contributed by atoms with E-state index < -0.39 is 120 Å². The Labute approximate surface area is 476 Å². The van der Waals surface area contributed by atoms with Crippen LogP contribution in [0.1, 0.15) is 77.0 Å². The molecule has 0 bridgehead atoms. The Morgan fingerprint density at radius 2 is 1.35 bits per heavy atom. The van der Waals surface area contributed by atoms with Gasteiger partial charge in [-0.05, 0) is 88.8 Å². The molecule has 81 heavy (non-hydrogen) atoms. The molecule has 24 nitrogen and oxygen atoms in total. The van der Waals surface area contributed by atoms with Gasteiger partial charge in [0, 0.05) is 48.0 Å². The third-order valence-corrected chi connectivity index (χ3v) is 15.2. The number of ether oxygens (including phenoxy) is 1. The van der Waals surface area contributed by atoms with Crippen molar-refractivity contribution < 1.29 is 68.3 Å². The van der Waals surface area contributed by atoms with Crippen molar-refractivity contribution in [3.8, 4) is 5.75 Å². The Bertz CT molecular complexity index is 2800. The molecule has 440 valence electrons. The second-order valence-corrected chi connectivity index (χ2v) is 23.2. The zero-order chi connectivity index (χ0) is 59.4. The molecule has 1 aliphatic heterocycles. The van der Waals surface area contributed by atoms with Gasteiger partial charge in [-0.2, -0.15) is 0 Å². The molecule has 4 aromatic rings. The zero-order valence-electron chi connectivity index (χ0n) is 45.7. The number of phenols is 1. The van der Waals surface area contributed by atoms with E-state index in [1.807, 2.05) is 6.07 Å². The van der Waals surface area contributed by atoms with Gasteiger partial charge >= 0.3 is 12.1 Å². The predicted octanol–water partition coefficient (Wildman–Crippen LogP) is 0.949. The number of H-pyrrole nitrogens is 1. The van der Waals surface area contributed by atoms with Crippen LogP contribution in [-0.2, 0) is 62.4 Å². The number of aliphatic hydroxyl groups excluding tert-OH is 2. The molecule has 8 amide bonds. The molecule has 1 fully saturated rings. The Hall–Kier alpha value is -7.39. The topological polar surface area (TPSA) is 382 Å². The minimum absolute atomic E-state index is 0.0804. The highest BCUT2D eigenvalue weighted by Gasteiger charge is 2.37. The summed E-state index contributed by atoms with van der Waals surface area (Å²) in [6, 6.07) is 9.60. The molecule has 2 heterocycles. The average molecular weight is 1160 g/mol.